The van der Waals surface area contributed by atoms with Gasteiger partial charge in [-0.3, -0.25) is 14.6 Å². The molecule has 0 spiro atoms. The lowest BCUT2D eigenvalue weighted by Crippen LogP contribution is -2.18. The summed E-state index contributed by atoms with van der Waals surface area (Å²) in [7, 11) is 0. The number of ether oxygens (including phenoxy) is 1. The molecule has 7 heteroatoms. The Morgan fingerprint density at radius 2 is 1.93 bits per heavy atom. The third-order valence-corrected chi connectivity index (χ3v) is 3.87. The van der Waals surface area contributed by atoms with Gasteiger partial charge in [0.05, 0.1) is 12.2 Å². The minimum Gasteiger partial charge on any atom is -0.465 e. The van der Waals surface area contributed by atoms with Gasteiger partial charge >= 0.3 is 5.97 Å². The molecule has 0 aliphatic heterocycles. The van der Waals surface area contributed by atoms with Gasteiger partial charge in [0, 0.05) is 30.4 Å². The topological polar surface area (TPSA) is 86.1 Å². The lowest BCUT2D eigenvalue weighted by atomic mass is 10.1. The SMILES string of the molecule is CCOC(=O)Cn1nc(-c2cccnc2)c(C#Cc2ccccc2)c1NC(C)=O. The molecule has 7 nitrogen and oxygen atoms in total. The van der Waals surface area contributed by atoms with E-state index in [4.69, 9.17) is 4.74 Å². The second kappa shape index (κ2) is 9.33. The van der Waals surface area contributed by atoms with Gasteiger partial charge in [-0.2, -0.15) is 5.10 Å². The molecule has 0 fully saturated rings. The van der Waals surface area contributed by atoms with Gasteiger partial charge in [-0.1, -0.05) is 30.0 Å². The Morgan fingerprint density at radius 3 is 2.59 bits per heavy atom. The van der Waals surface area contributed by atoms with Gasteiger partial charge < -0.3 is 10.1 Å². The van der Waals surface area contributed by atoms with E-state index >= 15 is 0 Å². The lowest BCUT2D eigenvalue weighted by molar-refractivity contribution is -0.144. The fourth-order valence-electron chi connectivity index (χ4n) is 2.68. The molecule has 2 aromatic heterocycles. The lowest BCUT2D eigenvalue weighted by Gasteiger charge is -2.07. The van der Waals surface area contributed by atoms with Crippen molar-refractivity contribution in [2.45, 2.75) is 20.4 Å². The number of esters is 1. The van der Waals surface area contributed by atoms with Crippen LogP contribution < -0.4 is 5.32 Å². The van der Waals surface area contributed by atoms with Crippen molar-refractivity contribution in [3.05, 3.63) is 66.0 Å². The number of amides is 1. The smallest absolute Gasteiger partial charge is 0.327 e. The van der Waals surface area contributed by atoms with E-state index in [2.05, 4.69) is 27.2 Å². The van der Waals surface area contributed by atoms with Crippen molar-refractivity contribution >= 4 is 17.7 Å². The van der Waals surface area contributed by atoms with E-state index in [1.54, 1.807) is 25.4 Å². The Bertz CT molecular complexity index is 1060. The van der Waals surface area contributed by atoms with Crippen LogP contribution in [0.3, 0.4) is 0 Å². The fraction of sp³-hybridized carbons (Fsp3) is 0.182. The quantitative estimate of drug-likeness (QED) is 0.537. The van der Waals surface area contributed by atoms with Crippen molar-refractivity contribution in [1.29, 1.82) is 0 Å². The average molecular weight is 388 g/mol. The molecule has 1 aromatic carbocycles. The first kappa shape index (κ1) is 19.8. The largest absolute Gasteiger partial charge is 0.465 e. The van der Waals surface area contributed by atoms with Crippen LogP contribution in [-0.2, 0) is 20.9 Å². The second-order valence-electron chi connectivity index (χ2n) is 6.07. The van der Waals surface area contributed by atoms with E-state index in [1.807, 2.05) is 36.4 Å². The van der Waals surface area contributed by atoms with Gasteiger partial charge in [-0.25, -0.2) is 4.68 Å². The predicted molar refractivity (Wildman–Crippen MR) is 109 cm³/mol. The molecule has 29 heavy (non-hydrogen) atoms. The number of hydrogen-bond acceptors (Lipinski definition) is 5. The van der Waals surface area contributed by atoms with Crippen molar-refractivity contribution in [3.8, 4) is 23.1 Å². The number of carbonyl (C=O) groups is 2. The summed E-state index contributed by atoms with van der Waals surface area (Å²) in [5, 5.41) is 7.27. The first-order valence-electron chi connectivity index (χ1n) is 9.10. The van der Waals surface area contributed by atoms with Gasteiger partial charge in [0.15, 0.2) is 0 Å². The van der Waals surface area contributed by atoms with E-state index in [0.717, 1.165) is 11.1 Å². The molecule has 0 aliphatic rings. The number of nitrogens with zero attached hydrogens (tertiary/aromatic N) is 3. The number of aromatic nitrogens is 3. The highest BCUT2D eigenvalue weighted by atomic mass is 16.5. The average Bonchev–Trinajstić information content (AvgIpc) is 3.04. The third-order valence-electron chi connectivity index (χ3n) is 3.87. The Hall–Kier alpha value is -3.92. The maximum atomic E-state index is 12.0. The van der Waals surface area contributed by atoms with Crippen LogP contribution in [0.1, 0.15) is 25.0 Å². The van der Waals surface area contributed by atoms with Crippen LogP contribution in [0, 0.1) is 11.8 Å². The van der Waals surface area contributed by atoms with Gasteiger partial charge in [-0.15, -0.1) is 0 Å². The van der Waals surface area contributed by atoms with Crippen LogP contribution in [0.2, 0.25) is 0 Å². The number of hydrogen-bond donors (Lipinski definition) is 1. The van der Waals surface area contributed by atoms with E-state index in [0.29, 0.717) is 17.1 Å². The Morgan fingerprint density at radius 1 is 1.14 bits per heavy atom. The van der Waals surface area contributed by atoms with E-state index < -0.39 is 5.97 Å². The number of pyridine rings is 1. The minimum atomic E-state index is -0.457. The molecule has 2 heterocycles. The Labute approximate surface area is 168 Å². The van der Waals surface area contributed by atoms with Crippen LogP contribution >= 0.6 is 0 Å². The summed E-state index contributed by atoms with van der Waals surface area (Å²) in [6.45, 7) is 3.23. The van der Waals surface area contributed by atoms with Crippen molar-refractivity contribution in [3.63, 3.8) is 0 Å². The van der Waals surface area contributed by atoms with E-state index in [1.165, 1.54) is 11.6 Å². The molecule has 0 aliphatic carbocycles. The first-order chi connectivity index (χ1) is 14.1. The zero-order valence-electron chi connectivity index (χ0n) is 16.2. The maximum Gasteiger partial charge on any atom is 0.327 e. The summed E-state index contributed by atoms with van der Waals surface area (Å²) < 4.78 is 6.43. The van der Waals surface area contributed by atoms with Gasteiger partial charge in [-0.05, 0) is 31.2 Å². The van der Waals surface area contributed by atoms with Crippen molar-refractivity contribution in [1.82, 2.24) is 14.8 Å². The molecule has 0 saturated heterocycles. The Kier molecular flexibility index (Phi) is 6.38. The highest BCUT2D eigenvalue weighted by molar-refractivity contribution is 5.91. The van der Waals surface area contributed by atoms with Gasteiger partial charge in [0.2, 0.25) is 5.91 Å². The van der Waals surface area contributed by atoms with Crippen LogP contribution in [0.4, 0.5) is 5.82 Å². The predicted octanol–water partition coefficient (Wildman–Crippen LogP) is 2.87. The monoisotopic (exact) mass is 388 g/mol. The van der Waals surface area contributed by atoms with Crippen LogP contribution in [0.5, 0.6) is 0 Å². The zero-order chi connectivity index (χ0) is 20.6. The molecule has 0 saturated carbocycles. The summed E-state index contributed by atoms with van der Waals surface area (Å²) in [4.78, 5) is 28.0. The first-order valence-corrected chi connectivity index (χ1v) is 9.10. The van der Waals surface area contributed by atoms with Gasteiger partial charge in [0.1, 0.15) is 18.1 Å². The summed E-state index contributed by atoms with van der Waals surface area (Å²) in [6.07, 6.45) is 3.31. The molecule has 0 unspecified atom stereocenters. The standard InChI is InChI=1S/C22H20N4O3/c1-3-29-20(28)15-26-22(24-16(2)27)19(12-11-17-8-5-4-6-9-17)21(25-26)18-10-7-13-23-14-18/h4-10,13-14H,3,15H2,1-2H3,(H,24,27). The Balaban J connectivity index is 2.15. The number of nitrogens with one attached hydrogen (secondary N) is 1. The molecule has 0 radical (unpaired) electrons. The third kappa shape index (κ3) is 5.08. The van der Waals surface area contributed by atoms with Crippen molar-refractivity contribution in [2.24, 2.45) is 0 Å². The number of carbonyl (C=O) groups excluding carboxylic acids is 2. The van der Waals surface area contributed by atoms with E-state index in [9.17, 15) is 9.59 Å². The summed E-state index contributed by atoms with van der Waals surface area (Å²) in [5.41, 5.74) is 2.56. The summed E-state index contributed by atoms with van der Waals surface area (Å²) >= 11 is 0. The van der Waals surface area contributed by atoms with Crippen LogP contribution in [-0.4, -0.2) is 33.2 Å². The van der Waals surface area contributed by atoms with Crippen LogP contribution in [0.15, 0.2) is 54.9 Å². The number of benzene rings is 1. The maximum absolute atomic E-state index is 12.0. The molecule has 3 rings (SSSR count). The summed E-state index contributed by atoms with van der Waals surface area (Å²) in [6, 6.07) is 13.1. The molecule has 1 amide bonds. The highest BCUT2D eigenvalue weighted by Crippen LogP contribution is 2.28. The zero-order valence-corrected chi connectivity index (χ0v) is 16.2. The highest BCUT2D eigenvalue weighted by Gasteiger charge is 2.21. The number of rotatable bonds is 5. The summed E-state index contributed by atoms with van der Waals surface area (Å²) in [5.74, 6) is 5.77. The number of anilines is 1. The van der Waals surface area contributed by atoms with Crippen LogP contribution in [0.25, 0.3) is 11.3 Å². The molecule has 0 atom stereocenters. The van der Waals surface area contributed by atoms with Gasteiger partial charge in [0.25, 0.3) is 0 Å². The molecular weight excluding hydrogens is 368 g/mol. The molecule has 1 N–H and O–H groups in total. The molecular formula is C22H20N4O3. The minimum absolute atomic E-state index is 0.149. The molecule has 146 valence electrons. The molecule has 3 aromatic rings. The van der Waals surface area contributed by atoms with Crippen molar-refractivity contribution in [2.75, 3.05) is 11.9 Å². The van der Waals surface area contributed by atoms with Crippen molar-refractivity contribution < 1.29 is 14.3 Å². The normalized spacial score (nSPS) is 10.0. The van der Waals surface area contributed by atoms with E-state index in [-0.39, 0.29) is 19.1 Å². The fourth-order valence-corrected chi connectivity index (χ4v) is 2.68. The second-order valence-corrected chi connectivity index (χ2v) is 6.07. The molecule has 0 bridgehead atoms.